The minimum absolute atomic E-state index is 0.150. The van der Waals surface area contributed by atoms with Crippen LogP contribution in [0.4, 0.5) is 18.9 Å². The summed E-state index contributed by atoms with van der Waals surface area (Å²) in [6.45, 7) is 2.43. The molecule has 3 rings (SSSR count). The average Bonchev–Trinajstić information content (AvgIpc) is 2.80. The molecule has 3 aromatic rings. The Kier molecular flexibility index (Phi) is 8.03. The Morgan fingerprint density at radius 2 is 1.70 bits per heavy atom. The van der Waals surface area contributed by atoms with Crippen LogP contribution in [0.3, 0.4) is 0 Å². The van der Waals surface area contributed by atoms with Gasteiger partial charge in [-0.25, -0.2) is 0 Å². The maximum atomic E-state index is 13.0. The number of carbonyl (C=O) groups is 1. The molecule has 1 atom stereocenters. The van der Waals surface area contributed by atoms with Gasteiger partial charge in [-0.3, -0.25) is 4.79 Å². The van der Waals surface area contributed by atoms with E-state index in [1.807, 2.05) is 54.3 Å². The Morgan fingerprint density at radius 1 is 1.03 bits per heavy atom. The fourth-order valence-corrected chi connectivity index (χ4v) is 3.89. The van der Waals surface area contributed by atoms with Gasteiger partial charge in [0.1, 0.15) is 6.04 Å². The van der Waals surface area contributed by atoms with Crippen LogP contribution in [0.25, 0.3) is 0 Å². The lowest BCUT2D eigenvalue weighted by atomic mass is 10.0. The van der Waals surface area contributed by atoms with Gasteiger partial charge in [-0.2, -0.15) is 13.2 Å². The van der Waals surface area contributed by atoms with Crippen molar-refractivity contribution in [3.63, 3.8) is 0 Å². The number of nitrogens with one attached hydrogen (secondary N) is 1. The number of carbonyl (C=O) groups excluding carboxylic acids is 1. The maximum Gasteiger partial charge on any atom is 0.416 e. The van der Waals surface area contributed by atoms with Crippen molar-refractivity contribution in [1.82, 2.24) is 5.32 Å². The third kappa shape index (κ3) is 6.29. The Hall–Kier alpha value is -2.99. The molecule has 3 aromatic carbocycles. The van der Waals surface area contributed by atoms with E-state index < -0.39 is 17.8 Å². The molecule has 0 saturated carbocycles. The molecule has 0 fully saturated rings. The standard InChI is InChI=1S/C26H26ClF3N2O/c1-18-17-22(14-15-23(18)27)32(24(25(33)31-2)20-8-4-3-5-9-20)16-6-7-19-10-12-21(13-11-19)26(28,29)30/h3-5,8-15,17,24H,6-7,16H2,1-2H3,(H,31,33)/t24-/m0/s1. The fraction of sp³-hybridized carbons (Fsp3) is 0.269. The molecule has 174 valence electrons. The van der Waals surface area contributed by atoms with Gasteiger partial charge in [-0.15, -0.1) is 0 Å². The van der Waals surface area contributed by atoms with E-state index in [4.69, 9.17) is 11.6 Å². The monoisotopic (exact) mass is 474 g/mol. The largest absolute Gasteiger partial charge is 0.416 e. The summed E-state index contributed by atoms with van der Waals surface area (Å²) >= 11 is 6.22. The number of anilines is 1. The predicted octanol–water partition coefficient (Wildman–Crippen LogP) is 6.59. The summed E-state index contributed by atoms with van der Waals surface area (Å²) in [6, 6.07) is 19.8. The lowest BCUT2D eigenvalue weighted by Gasteiger charge is -2.33. The van der Waals surface area contributed by atoms with Crippen LogP contribution in [0.2, 0.25) is 5.02 Å². The molecule has 0 radical (unpaired) electrons. The van der Waals surface area contributed by atoms with E-state index in [9.17, 15) is 18.0 Å². The number of alkyl halides is 3. The average molecular weight is 475 g/mol. The van der Waals surface area contributed by atoms with Gasteiger partial charge in [0.2, 0.25) is 5.91 Å². The first-order valence-corrected chi connectivity index (χ1v) is 11.0. The van der Waals surface area contributed by atoms with Crippen molar-refractivity contribution < 1.29 is 18.0 Å². The first-order chi connectivity index (χ1) is 15.7. The first-order valence-electron chi connectivity index (χ1n) is 10.7. The molecule has 0 aliphatic rings. The number of rotatable bonds is 8. The number of hydrogen-bond donors (Lipinski definition) is 1. The molecule has 0 unspecified atom stereocenters. The topological polar surface area (TPSA) is 32.3 Å². The van der Waals surface area contributed by atoms with Gasteiger partial charge in [0.25, 0.3) is 0 Å². The summed E-state index contributed by atoms with van der Waals surface area (Å²) in [5.74, 6) is -0.150. The van der Waals surface area contributed by atoms with Crippen molar-refractivity contribution in [3.8, 4) is 0 Å². The molecule has 7 heteroatoms. The molecule has 0 bridgehead atoms. The fourth-order valence-electron chi connectivity index (χ4n) is 3.77. The lowest BCUT2D eigenvalue weighted by molar-refractivity contribution is -0.137. The molecular formula is C26H26ClF3N2O. The zero-order valence-electron chi connectivity index (χ0n) is 18.5. The van der Waals surface area contributed by atoms with E-state index in [0.717, 1.165) is 34.5 Å². The smallest absolute Gasteiger partial charge is 0.357 e. The number of likely N-dealkylation sites (N-methyl/N-ethyl adjacent to an activating group) is 1. The van der Waals surface area contributed by atoms with Crippen molar-refractivity contribution in [3.05, 3.63) is 100 Å². The van der Waals surface area contributed by atoms with Gasteiger partial charge in [0.05, 0.1) is 5.56 Å². The van der Waals surface area contributed by atoms with Crippen molar-refractivity contribution in [2.45, 2.75) is 32.0 Å². The van der Waals surface area contributed by atoms with Crippen molar-refractivity contribution in [2.75, 3.05) is 18.5 Å². The maximum absolute atomic E-state index is 13.0. The number of halogens is 4. The third-order valence-corrected chi connectivity index (χ3v) is 5.96. The second kappa shape index (κ2) is 10.8. The van der Waals surface area contributed by atoms with Crippen LogP contribution in [-0.4, -0.2) is 19.5 Å². The highest BCUT2D eigenvalue weighted by atomic mass is 35.5. The Bertz CT molecular complexity index is 1070. The van der Waals surface area contributed by atoms with Crippen molar-refractivity contribution in [2.24, 2.45) is 0 Å². The Balaban J connectivity index is 1.87. The van der Waals surface area contributed by atoms with E-state index in [1.54, 1.807) is 13.1 Å². The molecule has 0 spiro atoms. The summed E-state index contributed by atoms with van der Waals surface area (Å²) in [5, 5.41) is 3.39. The minimum atomic E-state index is -4.35. The lowest BCUT2D eigenvalue weighted by Crippen LogP contribution is -2.40. The van der Waals surface area contributed by atoms with Gasteiger partial charge in [-0.1, -0.05) is 54.1 Å². The highest BCUT2D eigenvalue weighted by molar-refractivity contribution is 6.31. The van der Waals surface area contributed by atoms with E-state index >= 15 is 0 Å². The normalized spacial score (nSPS) is 12.3. The molecule has 0 saturated heterocycles. The molecule has 0 aliphatic heterocycles. The van der Waals surface area contributed by atoms with E-state index in [2.05, 4.69) is 5.32 Å². The van der Waals surface area contributed by atoms with Gasteiger partial charge in [0.15, 0.2) is 0 Å². The van der Waals surface area contributed by atoms with Gasteiger partial charge in [-0.05, 0) is 66.8 Å². The summed E-state index contributed by atoms with van der Waals surface area (Å²) in [4.78, 5) is 15.0. The molecule has 0 heterocycles. The second-order valence-electron chi connectivity index (χ2n) is 7.85. The van der Waals surface area contributed by atoms with Crippen molar-refractivity contribution in [1.29, 1.82) is 0 Å². The number of nitrogens with zero attached hydrogens (tertiary/aromatic N) is 1. The third-order valence-electron chi connectivity index (χ3n) is 5.54. The second-order valence-corrected chi connectivity index (χ2v) is 8.26. The van der Waals surface area contributed by atoms with E-state index in [-0.39, 0.29) is 5.91 Å². The highest BCUT2D eigenvalue weighted by Crippen LogP contribution is 2.32. The summed E-state index contributed by atoms with van der Waals surface area (Å²) < 4.78 is 38.5. The molecule has 33 heavy (non-hydrogen) atoms. The van der Waals surface area contributed by atoms with E-state index in [0.29, 0.717) is 24.4 Å². The zero-order chi connectivity index (χ0) is 24.0. The molecule has 1 amide bonds. The number of amides is 1. The SMILES string of the molecule is CNC(=O)[C@H](c1ccccc1)N(CCCc1ccc(C(F)(F)F)cc1)c1ccc(Cl)c(C)c1. The van der Waals surface area contributed by atoms with Crippen LogP contribution < -0.4 is 10.2 Å². The number of aryl methyl sites for hydroxylation is 2. The molecule has 0 aromatic heterocycles. The van der Waals surface area contributed by atoms with Crippen LogP contribution in [0, 0.1) is 6.92 Å². The Labute approximate surface area is 197 Å². The molecule has 1 N–H and O–H groups in total. The first kappa shape index (κ1) is 24.6. The molecular weight excluding hydrogens is 449 g/mol. The number of benzene rings is 3. The van der Waals surface area contributed by atoms with Gasteiger partial charge < -0.3 is 10.2 Å². The van der Waals surface area contributed by atoms with Crippen LogP contribution in [-0.2, 0) is 17.4 Å². The zero-order valence-corrected chi connectivity index (χ0v) is 19.3. The minimum Gasteiger partial charge on any atom is -0.357 e. The van der Waals surface area contributed by atoms with Crippen molar-refractivity contribution >= 4 is 23.2 Å². The van der Waals surface area contributed by atoms with E-state index in [1.165, 1.54) is 12.1 Å². The highest BCUT2D eigenvalue weighted by Gasteiger charge is 2.30. The Morgan fingerprint density at radius 3 is 2.27 bits per heavy atom. The summed E-state index contributed by atoms with van der Waals surface area (Å²) in [7, 11) is 1.60. The number of hydrogen-bond acceptors (Lipinski definition) is 2. The predicted molar refractivity (Wildman–Crippen MR) is 127 cm³/mol. The van der Waals surface area contributed by atoms with Gasteiger partial charge in [0, 0.05) is 24.3 Å². The van der Waals surface area contributed by atoms with Crippen LogP contribution in [0.1, 0.15) is 34.7 Å². The van der Waals surface area contributed by atoms with Crippen LogP contribution >= 0.6 is 11.6 Å². The molecule has 0 aliphatic carbocycles. The molecule has 3 nitrogen and oxygen atoms in total. The quantitative estimate of drug-likeness (QED) is 0.399. The van der Waals surface area contributed by atoms with Gasteiger partial charge >= 0.3 is 6.18 Å². The van der Waals surface area contributed by atoms with Crippen LogP contribution in [0.15, 0.2) is 72.8 Å². The van der Waals surface area contributed by atoms with Crippen LogP contribution in [0.5, 0.6) is 0 Å². The summed E-state index contributed by atoms with van der Waals surface area (Å²) in [5.41, 5.74) is 2.74. The summed E-state index contributed by atoms with van der Waals surface area (Å²) in [6.07, 6.45) is -3.12.